The molecule has 0 aromatic heterocycles. The van der Waals surface area contributed by atoms with E-state index >= 15 is 0 Å². The Morgan fingerprint density at radius 2 is 1.79 bits per heavy atom. The van der Waals surface area contributed by atoms with Crippen molar-refractivity contribution in [3.8, 4) is 0 Å². The van der Waals surface area contributed by atoms with Crippen molar-refractivity contribution < 1.29 is 4.39 Å². The van der Waals surface area contributed by atoms with Crippen LogP contribution in [-0.2, 0) is 12.0 Å². The smallest absolute Gasteiger partial charge is 0.127 e. The Hall–Kier alpha value is -1.19. The fraction of sp³-hybridized carbons (Fsp3) is 0.250. The summed E-state index contributed by atoms with van der Waals surface area (Å²) in [5, 5.41) is 0. The maximum absolute atomic E-state index is 13.9. The Morgan fingerprint density at radius 3 is 2.37 bits per heavy atom. The highest BCUT2D eigenvalue weighted by Gasteiger charge is 2.23. The second kappa shape index (κ2) is 5.43. The molecule has 0 saturated heterocycles. The minimum Gasteiger partial charge on any atom is -0.321 e. The Balaban J connectivity index is 2.27. The van der Waals surface area contributed by atoms with E-state index in [1.165, 1.54) is 11.6 Å². The van der Waals surface area contributed by atoms with Crippen molar-refractivity contribution in [3.05, 3.63) is 69.4 Å². The van der Waals surface area contributed by atoms with Crippen LogP contribution in [-0.4, -0.2) is 0 Å². The zero-order chi connectivity index (χ0) is 14.0. The van der Waals surface area contributed by atoms with Gasteiger partial charge in [-0.25, -0.2) is 4.39 Å². The van der Waals surface area contributed by atoms with Gasteiger partial charge in [0.15, 0.2) is 0 Å². The first-order valence-electron chi connectivity index (χ1n) is 6.18. The fourth-order valence-electron chi connectivity index (χ4n) is 2.10. The third kappa shape index (κ3) is 3.43. The van der Waals surface area contributed by atoms with E-state index in [0.717, 1.165) is 10.0 Å². The molecule has 1 unspecified atom stereocenters. The number of rotatable bonds is 3. The second-order valence-corrected chi connectivity index (χ2v) is 6.11. The normalized spacial score (nSPS) is 14.2. The molecule has 0 aliphatic carbocycles. The Morgan fingerprint density at radius 1 is 1.16 bits per heavy atom. The topological polar surface area (TPSA) is 26.0 Å². The number of benzene rings is 2. The third-order valence-corrected chi connectivity index (χ3v) is 3.78. The minimum atomic E-state index is -0.581. The molecule has 19 heavy (non-hydrogen) atoms. The van der Waals surface area contributed by atoms with Gasteiger partial charge in [0.05, 0.1) is 0 Å². The van der Waals surface area contributed by atoms with Gasteiger partial charge in [-0.1, -0.05) is 51.8 Å². The molecular formula is C16H17BrFN. The van der Waals surface area contributed by atoms with Gasteiger partial charge in [0, 0.05) is 10.0 Å². The molecule has 3 heteroatoms. The number of hydrogen-bond acceptors (Lipinski definition) is 1. The van der Waals surface area contributed by atoms with Crippen LogP contribution >= 0.6 is 15.9 Å². The van der Waals surface area contributed by atoms with Crippen LogP contribution in [0.1, 0.15) is 23.6 Å². The quantitative estimate of drug-likeness (QED) is 0.895. The molecule has 100 valence electrons. The summed E-state index contributed by atoms with van der Waals surface area (Å²) in [7, 11) is 0. The van der Waals surface area contributed by atoms with E-state index in [0.29, 0.717) is 12.0 Å². The predicted molar refractivity (Wildman–Crippen MR) is 80.5 cm³/mol. The second-order valence-electron chi connectivity index (χ2n) is 5.20. The summed E-state index contributed by atoms with van der Waals surface area (Å²) in [4.78, 5) is 0. The molecule has 0 aliphatic heterocycles. The van der Waals surface area contributed by atoms with Gasteiger partial charge >= 0.3 is 0 Å². The van der Waals surface area contributed by atoms with E-state index < -0.39 is 5.54 Å². The monoisotopic (exact) mass is 321 g/mol. The van der Waals surface area contributed by atoms with Gasteiger partial charge in [0.2, 0.25) is 0 Å². The predicted octanol–water partition coefficient (Wildman–Crippen LogP) is 4.31. The van der Waals surface area contributed by atoms with Crippen molar-refractivity contribution in [2.45, 2.75) is 25.8 Å². The first-order valence-corrected chi connectivity index (χ1v) is 6.98. The first-order chi connectivity index (χ1) is 8.88. The van der Waals surface area contributed by atoms with E-state index in [4.69, 9.17) is 5.73 Å². The number of aryl methyl sites for hydroxylation is 1. The van der Waals surface area contributed by atoms with Gasteiger partial charge < -0.3 is 5.73 Å². The summed E-state index contributed by atoms with van der Waals surface area (Å²) in [5.41, 5.74) is 8.60. The summed E-state index contributed by atoms with van der Waals surface area (Å²) >= 11 is 3.26. The maximum atomic E-state index is 13.9. The molecule has 1 nitrogen and oxygen atoms in total. The highest BCUT2D eigenvalue weighted by molar-refractivity contribution is 9.10. The van der Waals surface area contributed by atoms with E-state index in [1.807, 2.05) is 44.2 Å². The van der Waals surface area contributed by atoms with Crippen molar-refractivity contribution in [1.82, 2.24) is 0 Å². The molecule has 0 aliphatic rings. The van der Waals surface area contributed by atoms with Crippen LogP contribution in [0.3, 0.4) is 0 Å². The van der Waals surface area contributed by atoms with E-state index in [2.05, 4.69) is 15.9 Å². The van der Waals surface area contributed by atoms with Gasteiger partial charge in [0.1, 0.15) is 5.82 Å². The molecule has 2 N–H and O–H groups in total. The summed E-state index contributed by atoms with van der Waals surface area (Å²) in [5.74, 6) is -0.224. The van der Waals surface area contributed by atoms with E-state index in [1.54, 1.807) is 6.07 Å². The van der Waals surface area contributed by atoms with Gasteiger partial charge in [0.25, 0.3) is 0 Å². The van der Waals surface area contributed by atoms with Crippen LogP contribution in [0.4, 0.5) is 4.39 Å². The summed E-state index contributed by atoms with van der Waals surface area (Å²) in [6, 6.07) is 13.2. The number of nitrogens with two attached hydrogens (primary N) is 1. The average molecular weight is 322 g/mol. The molecule has 0 bridgehead atoms. The van der Waals surface area contributed by atoms with Gasteiger partial charge in [-0.05, 0) is 43.5 Å². The lowest BCUT2D eigenvalue weighted by Gasteiger charge is -2.26. The summed E-state index contributed by atoms with van der Waals surface area (Å²) in [6.45, 7) is 3.96. The van der Waals surface area contributed by atoms with E-state index in [-0.39, 0.29) is 5.82 Å². The SMILES string of the molecule is Cc1ccc(C(C)(N)Cc2ccc(Br)cc2F)cc1. The zero-order valence-electron chi connectivity index (χ0n) is 11.1. The minimum absolute atomic E-state index is 0.224. The standard InChI is InChI=1S/C16H17BrFN/c1-11-3-6-13(7-4-11)16(2,19)10-12-5-8-14(17)9-15(12)18/h3-9H,10,19H2,1-2H3. The molecule has 1 atom stereocenters. The lowest BCUT2D eigenvalue weighted by atomic mass is 9.86. The molecule has 2 rings (SSSR count). The average Bonchev–Trinajstić information content (AvgIpc) is 2.33. The van der Waals surface area contributed by atoms with Crippen molar-refractivity contribution in [2.24, 2.45) is 5.73 Å². The van der Waals surface area contributed by atoms with Crippen molar-refractivity contribution in [3.63, 3.8) is 0 Å². The van der Waals surface area contributed by atoms with Gasteiger partial charge in [-0.15, -0.1) is 0 Å². The molecule has 0 saturated carbocycles. The molecule has 0 radical (unpaired) electrons. The first kappa shape index (κ1) is 14.2. The fourth-order valence-corrected chi connectivity index (χ4v) is 2.43. The summed E-state index contributed by atoms with van der Waals surface area (Å²) < 4.78 is 14.6. The zero-order valence-corrected chi connectivity index (χ0v) is 12.7. The molecule has 0 fully saturated rings. The van der Waals surface area contributed by atoms with Gasteiger partial charge in [-0.2, -0.15) is 0 Å². The number of hydrogen-bond donors (Lipinski definition) is 1. The Kier molecular flexibility index (Phi) is 4.07. The van der Waals surface area contributed by atoms with Crippen LogP contribution in [0.25, 0.3) is 0 Å². The Labute approximate surface area is 121 Å². The van der Waals surface area contributed by atoms with Gasteiger partial charge in [-0.3, -0.25) is 0 Å². The maximum Gasteiger partial charge on any atom is 0.127 e. The highest BCUT2D eigenvalue weighted by Crippen LogP contribution is 2.25. The molecule has 0 amide bonds. The molecular weight excluding hydrogens is 305 g/mol. The molecule has 0 spiro atoms. The largest absolute Gasteiger partial charge is 0.321 e. The molecule has 2 aromatic carbocycles. The highest BCUT2D eigenvalue weighted by atomic mass is 79.9. The third-order valence-electron chi connectivity index (χ3n) is 3.28. The number of halogens is 2. The lowest BCUT2D eigenvalue weighted by Crippen LogP contribution is -2.35. The van der Waals surface area contributed by atoms with Crippen LogP contribution in [0.15, 0.2) is 46.9 Å². The van der Waals surface area contributed by atoms with Crippen molar-refractivity contribution in [1.29, 1.82) is 0 Å². The molecule has 0 heterocycles. The van der Waals surface area contributed by atoms with Crippen LogP contribution in [0, 0.1) is 12.7 Å². The lowest BCUT2D eigenvalue weighted by molar-refractivity contribution is 0.475. The Bertz CT molecular complexity index is 576. The van der Waals surface area contributed by atoms with Crippen LogP contribution < -0.4 is 5.73 Å². The van der Waals surface area contributed by atoms with Crippen molar-refractivity contribution in [2.75, 3.05) is 0 Å². The van der Waals surface area contributed by atoms with E-state index in [9.17, 15) is 4.39 Å². The molecule has 2 aromatic rings. The van der Waals surface area contributed by atoms with Crippen molar-refractivity contribution >= 4 is 15.9 Å². The van der Waals surface area contributed by atoms with Crippen LogP contribution in [0.5, 0.6) is 0 Å². The summed E-state index contributed by atoms with van der Waals surface area (Å²) in [6.07, 6.45) is 0.467. The van der Waals surface area contributed by atoms with Crippen LogP contribution in [0.2, 0.25) is 0 Å².